The van der Waals surface area contributed by atoms with E-state index in [9.17, 15) is 24.9 Å². The average molecular weight is 648 g/mol. The number of phenols is 1. The van der Waals surface area contributed by atoms with Gasteiger partial charge in [-0.1, -0.05) is 54.6 Å². The fraction of sp³-hybridized carbons (Fsp3) is 0.222. The summed E-state index contributed by atoms with van der Waals surface area (Å²) in [5.74, 6) is 0.783. The van der Waals surface area contributed by atoms with Crippen molar-refractivity contribution < 1.29 is 34.3 Å². The number of nitrogens with one attached hydrogen (secondary N) is 3. The summed E-state index contributed by atoms with van der Waals surface area (Å²) in [7, 11) is 0. The van der Waals surface area contributed by atoms with Crippen LogP contribution >= 0.6 is 0 Å². The molecule has 0 unspecified atom stereocenters. The number of halogens is 2. The van der Waals surface area contributed by atoms with Crippen LogP contribution in [0.25, 0.3) is 22.0 Å². The monoisotopic (exact) mass is 647 g/mol. The number of rotatable bonds is 14. The van der Waals surface area contributed by atoms with E-state index in [-0.39, 0.29) is 20.7 Å². The van der Waals surface area contributed by atoms with Crippen molar-refractivity contribution in [2.45, 2.75) is 31.8 Å². The van der Waals surface area contributed by atoms with E-state index in [0.29, 0.717) is 41.9 Å². The number of aromatic nitrogens is 1. The van der Waals surface area contributed by atoms with Crippen molar-refractivity contribution in [2.75, 3.05) is 25.0 Å². The quantitative estimate of drug-likeness (QED) is 0.0749. The number of ether oxygens (including phenoxy) is 1. The first-order valence-electron chi connectivity index (χ1n) is 15.0. The first kappa shape index (κ1) is 36.2. The summed E-state index contributed by atoms with van der Waals surface area (Å²) in [6.07, 6.45) is 1.58. The van der Waals surface area contributed by atoms with E-state index in [1.54, 1.807) is 12.1 Å². The summed E-state index contributed by atoms with van der Waals surface area (Å²) >= 11 is 0. The number of benzene rings is 4. The standard InChI is InChI=1S/C36H37N3O6.2FH/c40-32-17-14-28(29-15-18-34(42)39-35(29)32)33(41)23-37-20-19-24-9-12-27(13-10-24)45-21-5-4-6-25-11-16-31(38-36(43)44)30(22-25)26-7-2-1-3-8-26;;/h1-3,7-18,22,33,37-38,40-41H,4-6,19-21,23H2,(H,39,42)(H,43,44);2*1H/t33-;;/m1../s1. The maximum Gasteiger partial charge on any atom is 0.409 e. The molecule has 4 aromatic carbocycles. The number of unbranched alkanes of at least 4 members (excludes halogenated alkanes) is 1. The molecule has 0 fully saturated rings. The predicted octanol–water partition coefficient (Wildman–Crippen LogP) is 6.56. The largest absolute Gasteiger partial charge is 0.506 e. The summed E-state index contributed by atoms with van der Waals surface area (Å²) in [4.78, 5) is 25.5. The van der Waals surface area contributed by atoms with Crippen molar-refractivity contribution in [2.24, 2.45) is 0 Å². The van der Waals surface area contributed by atoms with Gasteiger partial charge in [-0.05, 0) is 90.9 Å². The zero-order valence-corrected chi connectivity index (χ0v) is 25.6. The van der Waals surface area contributed by atoms with E-state index in [1.807, 2.05) is 72.8 Å². The van der Waals surface area contributed by atoms with Gasteiger partial charge in [0.25, 0.3) is 0 Å². The highest BCUT2D eigenvalue weighted by atomic mass is 19.0. The Bertz CT molecular complexity index is 1800. The highest BCUT2D eigenvalue weighted by molar-refractivity contribution is 5.90. The predicted molar refractivity (Wildman–Crippen MR) is 181 cm³/mol. The Morgan fingerprint density at radius 2 is 1.60 bits per heavy atom. The molecule has 1 amide bonds. The van der Waals surface area contributed by atoms with Crippen LogP contribution in [0.15, 0.2) is 102 Å². The second-order valence-electron chi connectivity index (χ2n) is 10.9. The molecule has 0 radical (unpaired) electrons. The lowest BCUT2D eigenvalue weighted by Crippen LogP contribution is -2.24. The van der Waals surface area contributed by atoms with Crippen LogP contribution in [0.5, 0.6) is 11.5 Å². The molecule has 9 nitrogen and oxygen atoms in total. The van der Waals surface area contributed by atoms with Crippen molar-refractivity contribution >= 4 is 22.7 Å². The van der Waals surface area contributed by atoms with Crippen LogP contribution in [0.2, 0.25) is 0 Å². The van der Waals surface area contributed by atoms with E-state index in [4.69, 9.17) is 4.74 Å². The molecule has 5 aromatic rings. The molecule has 0 bridgehead atoms. The molecule has 1 heterocycles. The molecular formula is C36H39F2N3O6. The van der Waals surface area contributed by atoms with Crippen LogP contribution in [0.4, 0.5) is 19.9 Å². The van der Waals surface area contributed by atoms with E-state index < -0.39 is 12.2 Å². The number of amides is 1. The molecule has 0 aliphatic rings. The minimum atomic E-state index is -1.08. The number of anilines is 1. The number of aryl methyl sites for hydroxylation is 1. The molecule has 0 aliphatic carbocycles. The number of aliphatic hydroxyl groups excluding tert-OH is 1. The first-order valence-corrected chi connectivity index (χ1v) is 15.0. The molecule has 1 aromatic heterocycles. The van der Waals surface area contributed by atoms with Crippen molar-refractivity contribution in [1.29, 1.82) is 0 Å². The molecule has 11 heteroatoms. The van der Waals surface area contributed by atoms with E-state index in [2.05, 4.69) is 15.6 Å². The number of hydrogen-bond acceptors (Lipinski definition) is 6. The summed E-state index contributed by atoms with van der Waals surface area (Å²) in [5.41, 5.74) is 5.33. The average Bonchev–Trinajstić information content (AvgIpc) is 3.04. The third-order valence-corrected chi connectivity index (χ3v) is 7.66. The molecule has 0 saturated heterocycles. The number of pyridine rings is 1. The van der Waals surface area contributed by atoms with Gasteiger partial charge in [0.15, 0.2) is 0 Å². The Kier molecular flexibility index (Phi) is 13.4. The summed E-state index contributed by atoms with van der Waals surface area (Å²) in [6, 6.07) is 29.7. The maximum absolute atomic E-state index is 11.6. The molecule has 0 spiro atoms. The van der Waals surface area contributed by atoms with Gasteiger partial charge in [-0.3, -0.25) is 19.5 Å². The summed E-state index contributed by atoms with van der Waals surface area (Å²) < 4.78 is 5.95. The van der Waals surface area contributed by atoms with Crippen LogP contribution in [-0.2, 0) is 12.8 Å². The second-order valence-corrected chi connectivity index (χ2v) is 10.9. The molecule has 0 saturated carbocycles. The topological polar surface area (TPSA) is 144 Å². The van der Waals surface area contributed by atoms with E-state index in [1.165, 1.54) is 12.1 Å². The Morgan fingerprint density at radius 1 is 0.851 bits per heavy atom. The van der Waals surface area contributed by atoms with Crippen LogP contribution in [0, 0.1) is 0 Å². The number of aliphatic hydroxyl groups is 1. The fourth-order valence-corrected chi connectivity index (χ4v) is 5.33. The van der Waals surface area contributed by atoms with E-state index >= 15 is 0 Å². The van der Waals surface area contributed by atoms with Gasteiger partial charge in [-0.15, -0.1) is 0 Å². The fourth-order valence-electron chi connectivity index (χ4n) is 5.33. The van der Waals surface area contributed by atoms with Crippen molar-refractivity contribution in [3.63, 3.8) is 0 Å². The maximum atomic E-state index is 11.6. The zero-order chi connectivity index (χ0) is 31.6. The molecule has 0 aliphatic heterocycles. The smallest absolute Gasteiger partial charge is 0.409 e. The number of carboxylic acid groups (broad SMARTS) is 1. The Labute approximate surface area is 270 Å². The Morgan fingerprint density at radius 3 is 2.34 bits per heavy atom. The van der Waals surface area contributed by atoms with Gasteiger partial charge in [-0.25, -0.2) is 4.79 Å². The van der Waals surface area contributed by atoms with Crippen molar-refractivity contribution in [3.8, 4) is 22.6 Å². The Balaban J connectivity index is 0.00000300. The highest BCUT2D eigenvalue weighted by Crippen LogP contribution is 2.30. The lowest BCUT2D eigenvalue weighted by Gasteiger charge is -2.15. The lowest BCUT2D eigenvalue weighted by atomic mass is 9.98. The van der Waals surface area contributed by atoms with Crippen LogP contribution in [0.3, 0.4) is 0 Å². The lowest BCUT2D eigenvalue weighted by molar-refractivity contribution is 0.176. The first-order chi connectivity index (χ1) is 21.9. The normalized spacial score (nSPS) is 11.3. The third kappa shape index (κ3) is 9.86. The summed E-state index contributed by atoms with van der Waals surface area (Å²) in [6.45, 7) is 1.60. The number of aromatic amines is 1. The van der Waals surface area contributed by atoms with Gasteiger partial charge in [0.2, 0.25) is 5.56 Å². The number of phenolic OH excluding ortho intramolecular Hbond substituents is 1. The Hall–Kier alpha value is -5.26. The molecule has 47 heavy (non-hydrogen) atoms. The number of hydrogen-bond donors (Lipinski definition) is 6. The van der Waals surface area contributed by atoms with Gasteiger partial charge in [0.05, 0.1) is 23.9 Å². The van der Waals surface area contributed by atoms with Gasteiger partial charge in [0.1, 0.15) is 11.5 Å². The SMILES string of the molecule is F.F.O=C(O)Nc1ccc(CCCCOc2ccc(CCNC[C@@H](O)c3ccc(O)c4[nH]c(=O)ccc34)cc2)cc1-c1ccccc1. The third-order valence-electron chi connectivity index (χ3n) is 7.66. The molecule has 1 atom stereocenters. The van der Waals surface area contributed by atoms with Crippen LogP contribution in [0.1, 0.15) is 35.6 Å². The molecule has 5 rings (SSSR count). The van der Waals surface area contributed by atoms with Crippen molar-refractivity contribution in [3.05, 3.63) is 124 Å². The van der Waals surface area contributed by atoms with Gasteiger partial charge < -0.3 is 30.4 Å². The minimum Gasteiger partial charge on any atom is -0.506 e. The summed E-state index contributed by atoms with van der Waals surface area (Å²) in [5, 5.41) is 36.4. The number of fused-ring (bicyclic) bond motifs is 1. The highest BCUT2D eigenvalue weighted by Gasteiger charge is 2.14. The van der Waals surface area contributed by atoms with Gasteiger partial charge in [-0.2, -0.15) is 0 Å². The molecule has 248 valence electrons. The molecule has 6 N–H and O–H groups in total. The van der Waals surface area contributed by atoms with Crippen molar-refractivity contribution in [1.82, 2.24) is 10.3 Å². The second kappa shape index (κ2) is 17.4. The van der Waals surface area contributed by atoms with Gasteiger partial charge in [0, 0.05) is 23.6 Å². The minimum absolute atomic E-state index is 0. The van der Waals surface area contributed by atoms with Crippen LogP contribution in [-0.4, -0.2) is 46.1 Å². The van der Waals surface area contributed by atoms with Crippen LogP contribution < -0.4 is 20.9 Å². The van der Waals surface area contributed by atoms with Gasteiger partial charge >= 0.3 is 6.09 Å². The molecular weight excluding hydrogens is 608 g/mol. The number of H-pyrrole nitrogens is 1. The number of carbonyl (C=O) groups is 1. The number of aromatic hydroxyl groups is 1. The van der Waals surface area contributed by atoms with E-state index in [0.717, 1.165) is 53.7 Å². The zero-order valence-electron chi connectivity index (χ0n) is 25.6.